The van der Waals surface area contributed by atoms with E-state index in [0.717, 1.165) is 28.8 Å². The number of rotatable bonds is 5. The number of carbonyl (C=O) groups is 2. The summed E-state index contributed by atoms with van der Waals surface area (Å²) in [5, 5.41) is 6.62. The molecule has 0 unspecified atom stereocenters. The van der Waals surface area contributed by atoms with Gasteiger partial charge in [-0.1, -0.05) is 41.9 Å². The molecule has 1 aromatic rings. The molecule has 0 spiro atoms. The highest BCUT2D eigenvalue weighted by Crippen LogP contribution is 2.46. The van der Waals surface area contributed by atoms with Crippen LogP contribution >= 0.6 is 23.4 Å². The van der Waals surface area contributed by atoms with E-state index in [2.05, 4.69) is 10.3 Å². The Morgan fingerprint density at radius 2 is 2.03 bits per heavy atom. The smallest absolute Gasteiger partial charge is 0.338 e. The Hall–Kier alpha value is -2.25. The monoisotopic (exact) mass is 471 g/mol. The van der Waals surface area contributed by atoms with Crippen LogP contribution in [0.4, 0.5) is 0 Å². The molecule has 2 bridgehead atoms. The molecule has 168 valence electrons. The molecule has 1 aromatic carbocycles. The molecule has 2 aliphatic heterocycles. The fourth-order valence-corrected chi connectivity index (χ4v) is 6.64. The zero-order valence-corrected chi connectivity index (χ0v) is 19.7. The highest BCUT2D eigenvalue weighted by atomic mass is 35.5. The molecule has 0 radical (unpaired) electrons. The van der Waals surface area contributed by atoms with Crippen molar-refractivity contribution >= 4 is 40.4 Å². The number of methoxy groups -OCH3 is 1. The first-order chi connectivity index (χ1) is 15.4. The van der Waals surface area contributed by atoms with Gasteiger partial charge >= 0.3 is 5.97 Å². The predicted octanol–water partition coefficient (Wildman–Crippen LogP) is 4.78. The fourth-order valence-electron chi connectivity index (χ4n) is 5.55. The van der Waals surface area contributed by atoms with Gasteiger partial charge in [-0.25, -0.2) is 9.79 Å². The Balaban J connectivity index is 1.41. The number of allylic oxidation sites excluding steroid dienone is 1. The second-order valence-electron chi connectivity index (χ2n) is 8.96. The van der Waals surface area contributed by atoms with Gasteiger partial charge in [0.25, 0.3) is 0 Å². The summed E-state index contributed by atoms with van der Waals surface area (Å²) in [7, 11) is 1.37. The number of hydrogen-bond donors (Lipinski definition) is 1. The number of thioether (sulfide) groups is 1. The number of carbonyl (C=O) groups excluding carboxylic acids is 2. The molecule has 2 fully saturated rings. The Morgan fingerprint density at radius 3 is 2.69 bits per heavy atom. The maximum Gasteiger partial charge on any atom is 0.338 e. The second-order valence-corrected chi connectivity index (χ2v) is 10.2. The van der Waals surface area contributed by atoms with Crippen LogP contribution in [-0.4, -0.2) is 35.1 Å². The zero-order valence-electron chi connectivity index (χ0n) is 18.1. The molecule has 5 rings (SSSR count). The minimum Gasteiger partial charge on any atom is -0.466 e. The van der Waals surface area contributed by atoms with Gasteiger partial charge in [0, 0.05) is 16.8 Å². The van der Waals surface area contributed by atoms with Crippen LogP contribution in [0.15, 0.2) is 51.6 Å². The number of nitrogens with zero attached hydrogens (tertiary/aromatic N) is 2. The summed E-state index contributed by atoms with van der Waals surface area (Å²) >= 11 is 7.59. The summed E-state index contributed by atoms with van der Waals surface area (Å²) in [5.74, 6) is 1.00. The third-order valence-electron chi connectivity index (χ3n) is 7.02. The van der Waals surface area contributed by atoms with E-state index in [-0.39, 0.29) is 12.3 Å². The van der Waals surface area contributed by atoms with Gasteiger partial charge in [0.05, 0.1) is 30.8 Å². The van der Waals surface area contributed by atoms with Crippen molar-refractivity contribution in [2.45, 2.75) is 51.1 Å². The molecule has 4 atom stereocenters. The average Bonchev–Trinajstić information content (AvgIpc) is 3.49. The highest BCUT2D eigenvalue weighted by molar-refractivity contribution is 8.16. The first-order valence-corrected chi connectivity index (χ1v) is 12.3. The molecule has 6 nitrogen and oxygen atoms in total. The molecule has 1 amide bonds. The third-order valence-corrected chi connectivity index (χ3v) is 8.16. The molecule has 0 aromatic heterocycles. The Labute approximate surface area is 197 Å². The molecule has 4 aliphatic rings. The number of fused-ring (bicyclic) bond motifs is 3. The Kier molecular flexibility index (Phi) is 5.80. The van der Waals surface area contributed by atoms with Crippen molar-refractivity contribution in [1.29, 1.82) is 0 Å². The molecular weight excluding hydrogens is 446 g/mol. The third kappa shape index (κ3) is 3.86. The molecular formula is C24H26ClN3O3S. The summed E-state index contributed by atoms with van der Waals surface area (Å²) in [6.07, 6.45) is 5.12. The first kappa shape index (κ1) is 21.6. The number of amidine groups is 1. The number of benzene rings is 1. The van der Waals surface area contributed by atoms with Crippen molar-refractivity contribution in [2.75, 3.05) is 7.11 Å². The first-order valence-electron chi connectivity index (χ1n) is 11.0. The Morgan fingerprint density at radius 1 is 1.25 bits per heavy atom. The van der Waals surface area contributed by atoms with E-state index >= 15 is 0 Å². The van der Waals surface area contributed by atoms with E-state index in [4.69, 9.17) is 16.3 Å². The lowest BCUT2D eigenvalue weighted by atomic mass is 9.93. The van der Waals surface area contributed by atoms with Gasteiger partial charge in [0.15, 0.2) is 5.17 Å². The van der Waals surface area contributed by atoms with E-state index in [1.807, 2.05) is 29.4 Å². The van der Waals surface area contributed by atoms with Crippen LogP contribution in [0.5, 0.6) is 0 Å². The van der Waals surface area contributed by atoms with Crippen LogP contribution in [0.2, 0.25) is 5.02 Å². The minimum absolute atomic E-state index is 0.0244. The van der Waals surface area contributed by atoms with Crippen molar-refractivity contribution in [3.8, 4) is 0 Å². The van der Waals surface area contributed by atoms with Gasteiger partial charge < -0.3 is 15.0 Å². The van der Waals surface area contributed by atoms with Crippen molar-refractivity contribution in [3.05, 3.63) is 57.2 Å². The van der Waals surface area contributed by atoms with Gasteiger partial charge in [-0.05, 0) is 61.1 Å². The summed E-state index contributed by atoms with van der Waals surface area (Å²) in [4.78, 5) is 32.4. The molecule has 8 heteroatoms. The average molecular weight is 472 g/mol. The zero-order chi connectivity index (χ0) is 22.4. The maximum absolute atomic E-state index is 13.0. The van der Waals surface area contributed by atoms with Crippen molar-refractivity contribution < 1.29 is 14.3 Å². The number of ether oxygens (including phenoxy) is 1. The Bertz CT molecular complexity index is 1050. The van der Waals surface area contributed by atoms with Crippen LogP contribution in [0.1, 0.15) is 50.6 Å². The molecule has 2 saturated carbocycles. The number of aliphatic imine (C=N–C) groups is 1. The quantitative estimate of drug-likeness (QED) is 0.625. The van der Waals surface area contributed by atoms with Crippen molar-refractivity contribution in [2.24, 2.45) is 16.8 Å². The minimum atomic E-state index is -0.427. The molecule has 0 saturated heterocycles. The van der Waals surface area contributed by atoms with E-state index in [9.17, 15) is 9.59 Å². The number of esters is 1. The standard InChI is InChI=1S/C24H26ClN3O3S/c1-13-21(23(30)31-2)22(15-5-7-17(25)8-6-15)28-18(12-32-24(28)26-13)11-20(29)27-19-10-14-3-4-16(19)9-14/h5-8,12,14,16,19,22H,3-4,9-11H2,1-2H3,(H,27,29)/t14-,16-,19+,22-/m0/s1. The number of amides is 1. The highest BCUT2D eigenvalue weighted by Gasteiger charge is 2.42. The van der Waals surface area contributed by atoms with E-state index in [1.165, 1.54) is 38.1 Å². The molecule has 1 N–H and O–H groups in total. The molecule has 2 heterocycles. The van der Waals surface area contributed by atoms with E-state index < -0.39 is 12.0 Å². The topological polar surface area (TPSA) is 71.0 Å². The number of halogens is 1. The van der Waals surface area contributed by atoms with Crippen LogP contribution in [0.25, 0.3) is 0 Å². The summed E-state index contributed by atoms with van der Waals surface area (Å²) in [6, 6.07) is 7.29. The normalized spacial score (nSPS) is 28.4. The van der Waals surface area contributed by atoms with Gasteiger partial charge in [0.2, 0.25) is 5.91 Å². The maximum atomic E-state index is 13.0. The lowest BCUT2D eigenvalue weighted by Crippen LogP contribution is -2.41. The summed E-state index contributed by atoms with van der Waals surface area (Å²) in [6.45, 7) is 1.82. The molecule has 32 heavy (non-hydrogen) atoms. The van der Waals surface area contributed by atoms with Crippen LogP contribution in [0, 0.1) is 11.8 Å². The van der Waals surface area contributed by atoms with Crippen molar-refractivity contribution in [1.82, 2.24) is 10.2 Å². The van der Waals surface area contributed by atoms with Gasteiger partial charge in [-0.3, -0.25) is 4.79 Å². The van der Waals surface area contributed by atoms with E-state index in [1.54, 1.807) is 12.1 Å². The second kappa shape index (κ2) is 8.60. The van der Waals surface area contributed by atoms with Crippen molar-refractivity contribution in [3.63, 3.8) is 0 Å². The number of nitrogens with one attached hydrogen (secondary N) is 1. The van der Waals surface area contributed by atoms with Crippen LogP contribution in [0.3, 0.4) is 0 Å². The number of hydrogen-bond acceptors (Lipinski definition) is 6. The lowest BCUT2D eigenvalue weighted by Gasteiger charge is -2.36. The largest absolute Gasteiger partial charge is 0.466 e. The summed E-state index contributed by atoms with van der Waals surface area (Å²) in [5.41, 5.74) is 2.82. The van der Waals surface area contributed by atoms with Gasteiger partial charge in [-0.15, -0.1) is 0 Å². The van der Waals surface area contributed by atoms with Gasteiger partial charge in [-0.2, -0.15) is 0 Å². The van der Waals surface area contributed by atoms with E-state index in [0.29, 0.717) is 28.3 Å². The summed E-state index contributed by atoms with van der Waals surface area (Å²) < 4.78 is 5.09. The van der Waals surface area contributed by atoms with Crippen LogP contribution in [-0.2, 0) is 14.3 Å². The predicted molar refractivity (Wildman–Crippen MR) is 126 cm³/mol. The SMILES string of the molecule is COC(=O)C1=C(C)N=C2SC=C(CC(=O)N[C@@H]3C[C@H]4CC[C@H]3C4)N2[C@H]1c1ccc(Cl)cc1. The van der Waals surface area contributed by atoms with Crippen LogP contribution < -0.4 is 5.32 Å². The molecule has 2 aliphatic carbocycles. The van der Waals surface area contributed by atoms with Gasteiger partial charge in [0.1, 0.15) is 0 Å². The lowest BCUT2D eigenvalue weighted by molar-refractivity contribution is -0.136. The fraction of sp³-hybridized carbons (Fsp3) is 0.458.